The summed E-state index contributed by atoms with van der Waals surface area (Å²) in [5.41, 5.74) is 2.67. The molecule has 2 aromatic heterocycles. The van der Waals surface area contributed by atoms with Crippen LogP contribution >= 0.6 is 0 Å². The molecule has 0 saturated heterocycles. The Morgan fingerprint density at radius 1 is 1.21 bits per heavy atom. The highest BCUT2D eigenvalue weighted by Crippen LogP contribution is 2.36. The maximum absolute atomic E-state index is 13.4. The summed E-state index contributed by atoms with van der Waals surface area (Å²) in [6.07, 6.45) is 5.59. The van der Waals surface area contributed by atoms with Gasteiger partial charge in [-0.05, 0) is 49.3 Å². The standard InChI is InChI=1S/C27H39N5O5S/c1-5-20(26(33)34)37-21-14-13-19(18-10-7-6-8-11-18)16-22(21)38(35,36)28-15-9-12-24-29-30-25-17-23(27(2,3)4)31-32(24)25/h13-14,16-18,20,28,31H,5-12,15H2,1-4H3,(H,33,34). The van der Waals surface area contributed by atoms with Gasteiger partial charge in [0.15, 0.2) is 17.6 Å². The first kappa shape index (κ1) is 28.1. The molecule has 4 rings (SSSR count). The first-order chi connectivity index (χ1) is 18.0. The molecule has 1 atom stereocenters. The highest BCUT2D eigenvalue weighted by Gasteiger charge is 2.27. The summed E-state index contributed by atoms with van der Waals surface area (Å²) in [5.74, 6) is -0.0436. The van der Waals surface area contributed by atoms with Gasteiger partial charge >= 0.3 is 5.97 Å². The minimum Gasteiger partial charge on any atom is -0.479 e. The average molecular weight is 546 g/mol. The van der Waals surface area contributed by atoms with Gasteiger partial charge in [0.1, 0.15) is 10.6 Å². The molecule has 1 aliphatic rings. The van der Waals surface area contributed by atoms with Crippen molar-refractivity contribution in [2.75, 3.05) is 6.54 Å². The lowest BCUT2D eigenvalue weighted by Gasteiger charge is -2.24. The van der Waals surface area contributed by atoms with Crippen molar-refractivity contribution in [1.29, 1.82) is 0 Å². The summed E-state index contributed by atoms with van der Waals surface area (Å²) in [4.78, 5) is 11.6. The van der Waals surface area contributed by atoms with Crippen LogP contribution in [0.1, 0.15) is 95.6 Å². The van der Waals surface area contributed by atoms with Gasteiger partial charge < -0.3 is 9.84 Å². The number of carbonyl (C=O) groups is 1. The van der Waals surface area contributed by atoms with Gasteiger partial charge in [0, 0.05) is 30.1 Å². The maximum Gasteiger partial charge on any atom is 0.344 e. The van der Waals surface area contributed by atoms with Crippen LogP contribution in [0, 0.1) is 0 Å². The second-order valence-electron chi connectivity index (χ2n) is 11.1. The molecular formula is C27H39N5O5S. The number of nitrogens with zero attached hydrogens (tertiary/aromatic N) is 3. The van der Waals surface area contributed by atoms with Gasteiger partial charge in [-0.25, -0.2) is 22.4 Å². The van der Waals surface area contributed by atoms with Gasteiger partial charge in [0.25, 0.3) is 0 Å². The van der Waals surface area contributed by atoms with Crippen molar-refractivity contribution in [2.24, 2.45) is 0 Å². The predicted molar refractivity (Wildman–Crippen MR) is 144 cm³/mol. The third kappa shape index (κ3) is 6.37. The third-order valence-electron chi connectivity index (χ3n) is 7.19. The number of aromatic nitrogens is 4. The van der Waals surface area contributed by atoms with Crippen LogP contribution in [0.15, 0.2) is 29.2 Å². The van der Waals surface area contributed by atoms with Crippen LogP contribution in [0.25, 0.3) is 5.65 Å². The van der Waals surface area contributed by atoms with Gasteiger partial charge in [-0.2, -0.15) is 0 Å². The van der Waals surface area contributed by atoms with E-state index in [1.165, 1.54) is 6.42 Å². The lowest BCUT2D eigenvalue weighted by molar-refractivity contribution is -0.145. The lowest BCUT2D eigenvalue weighted by Crippen LogP contribution is -2.29. The Kier molecular flexibility index (Phi) is 8.46. The van der Waals surface area contributed by atoms with Crippen LogP contribution in [-0.2, 0) is 26.7 Å². The SMILES string of the molecule is CCC(Oc1ccc(C2CCCCC2)cc1S(=O)(=O)NCCCc1nnc2cc(C(C)(C)C)[nH]n12)C(=O)O. The predicted octanol–water partition coefficient (Wildman–Crippen LogP) is 4.56. The third-order valence-corrected chi connectivity index (χ3v) is 8.67. The van der Waals surface area contributed by atoms with Gasteiger partial charge in [0.2, 0.25) is 10.0 Å². The number of hydrogen-bond donors (Lipinski definition) is 3. The minimum atomic E-state index is -3.95. The molecule has 1 aromatic carbocycles. The number of H-pyrrole nitrogens is 1. The second kappa shape index (κ2) is 11.4. The van der Waals surface area contributed by atoms with E-state index >= 15 is 0 Å². The van der Waals surface area contributed by atoms with Crippen molar-refractivity contribution in [3.05, 3.63) is 41.3 Å². The number of carboxylic acid groups (broad SMARTS) is 1. The van der Waals surface area contributed by atoms with E-state index in [1.54, 1.807) is 19.1 Å². The van der Waals surface area contributed by atoms with Gasteiger partial charge in [0.05, 0.1) is 0 Å². The lowest BCUT2D eigenvalue weighted by atomic mass is 9.84. The van der Waals surface area contributed by atoms with Gasteiger partial charge in [-0.15, -0.1) is 10.2 Å². The summed E-state index contributed by atoms with van der Waals surface area (Å²) in [7, 11) is -3.95. The molecule has 2 heterocycles. The van der Waals surface area contributed by atoms with Crippen LogP contribution < -0.4 is 9.46 Å². The summed E-state index contributed by atoms with van der Waals surface area (Å²) >= 11 is 0. The molecule has 208 valence electrons. The number of fused-ring (bicyclic) bond motifs is 1. The van der Waals surface area contributed by atoms with Crippen molar-refractivity contribution < 1.29 is 23.1 Å². The van der Waals surface area contributed by atoms with Crippen molar-refractivity contribution in [3.8, 4) is 5.75 Å². The number of rotatable bonds is 11. The fourth-order valence-electron chi connectivity index (χ4n) is 4.89. The Balaban J connectivity index is 1.49. The number of aryl methyl sites for hydroxylation is 1. The second-order valence-corrected chi connectivity index (χ2v) is 12.9. The fourth-order valence-corrected chi connectivity index (χ4v) is 6.13. The van der Waals surface area contributed by atoms with E-state index in [0.717, 1.165) is 48.4 Å². The fraction of sp³-hybridized carbons (Fsp3) is 0.593. The zero-order chi connectivity index (χ0) is 27.5. The summed E-state index contributed by atoms with van der Waals surface area (Å²) < 4.78 is 37.1. The Morgan fingerprint density at radius 3 is 2.61 bits per heavy atom. The van der Waals surface area contributed by atoms with Crippen molar-refractivity contribution in [1.82, 2.24) is 24.5 Å². The largest absolute Gasteiger partial charge is 0.479 e. The molecule has 0 bridgehead atoms. The van der Waals surface area contributed by atoms with Crippen LogP contribution in [0.3, 0.4) is 0 Å². The summed E-state index contributed by atoms with van der Waals surface area (Å²) in [6.45, 7) is 8.21. The van der Waals surface area contributed by atoms with Crippen LogP contribution in [-0.4, -0.2) is 52.0 Å². The van der Waals surface area contributed by atoms with E-state index in [-0.39, 0.29) is 29.0 Å². The van der Waals surface area contributed by atoms with Crippen LogP contribution in [0.4, 0.5) is 0 Å². The Bertz CT molecular complexity index is 1370. The number of hydrogen-bond acceptors (Lipinski definition) is 6. The minimum absolute atomic E-state index is 0.00988. The van der Waals surface area contributed by atoms with E-state index in [1.807, 2.05) is 16.6 Å². The quantitative estimate of drug-likeness (QED) is 0.300. The normalized spacial score (nSPS) is 16.1. The molecule has 0 amide bonds. The smallest absolute Gasteiger partial charge is 0.344 e. The average Bonchev–Trinajstić information content (AvgIpc) is 3.47. The van der Waals surface area contributed by atoms with Gasteiger partial charge in [-0.3, -0.25) is 5.10 Å². The Morgan fingerprint density at radius 2 is 1.95 bits per heavy atom. The highest BCUT2D eigenvalue weighted by atomic mass is 32.2. The maximum atomic E-state index is 13.4. The number of aliphatic carboxylic acids is 1. The summed E-state index contributed by atoms with van der Waals surface area (Å²) in [6, 6.07) is 7.12. The first-order valence-corrected chi connectivity index (χ1v) is 14.9. The number of carboxylic acids is 1. The van der Waals surface area contributed by atoms with Crippen LogP contribution in [0.5, 0.6) is 5.75 Å². The van der Waals surface area contributed by atoms with Crippen molar-refractivity contribution in [3.63, 3.8) is 0 Å². The van der Waals surface area contributed by atoms with Crippen molar-refractivity contribution >= 4 is 21.6 Å². The number of aromatic amines is 1. The van der Waals surface area contributed by atoms with E-state index < -0.39 is 22.1 Å². The molecule has 0 spiro atoms. The zero-order valence-corrected chi connectivity index (χ0v) is 23.5. The number of sulfonamides is 1. The van der Waals surface area contributed by atoms with E-state index in [9.17, 15) is 18.3 Å². The molecular weight excluding hydrogens is 506 g/mol. The van der Waals surface area contributed by atoms with Gasteiger partial charge in [-0.1, -0.05) is 53.0 Å². The molecule has 38 heavy (non-hydrogen) atoms. The molecule has 11 heteroatoms. The van der Waals surface area contributed by atoms with E-state index in [0.29, 0.717) is 18.8 Å². The van der Waals surface area contributed by atoms with E-state index in [2.05, 4.69) is 40.8 Å². The first-order valence-electron chi connectivity index (χ1n) is 13.5. The Labute approximate surface area is 224 Å². The molecule has 1 saturated carbocycles. The highest BCUT2D eigenvalue weighted by molar-refractivity contribution is 7.89. The zero-order valence-electron chi connectivity index (χ0n) is 22.7. The monoisotopic (exact) mass is 545 g/mol. The summed E-state index contributed by atoms with van der Waals surface area (Å²) in [5, 5.41) is 21.3. The molecule has 1 fully saturated rings. The number of nitrogens with one attached hydrogen (secondary N) is 2. The molecule has 10 nitrogen and oxygen atoms in total. The van der Waals surface area contributed by atoms with E-state index in [4.69, 9.17) is 4.74 Å². The van der Waals surface area contributed by atoms with Crippen molar-refractivity contribution in [2.45, 2.75) is 101 Å². The topological polar surface area (TPSA) is 139 Å². The molecule has 0 aliphatic heterocycles. The number of benzene rings is 1. The molecule has 0 radical (unpaired) electrons. The number of ether oxygens (including phenoxy) is 1. The Hall–Kier alpha value is -2.92. The van der Waals surface area contributed by atoms with Crippen LogP contribution in [0.2, 0.25) is 0 Å². The molecule has 3 N–H and O–H groups in total. The molecule has 1 aliphatic carbocycles. The molecule has 1 unspecified atom stereocenters. The molecule has 3 aromatic rings.